The van der Waals surface area contributed by atoms with Gasteiger partial charge in [0.1, 0.15) is 0 Å². The van der Waals surface area contributed by atoms with Crippen LogP contribution < -0.4 is 5.32 Å². The summed E-state index contributed by atoms with van der Waals surface area (Å²) < 4.78 is 0. The standard InChI is InChI=1S/C16H27N/c1-5-11-16(4,13-17-6-2)12-15-9-7-14(3)8-10-15/h7-10,17H,5-6,11-13H2,1-4H3. The zero-order valence-corrected chi connectivity index (χ0v) is 11.8. The normalized spacial score (nSPS) is 14.6. The van der Waals surface area contributed by atoms with Crippen molar-refractivity contribution in [3.05, 3.63) is 35.4 Å². The van der Waals surface area contributed by atoms with Crippen LogP contribution >= 0.6 is 0 Å². The fourth-order valence-corrected chi connectivity index (χ4v) is 2.47. The van der Waals surface area contributed by atoms with E-state index in [9.17, 15) is 0 Å². The molecule has 1 atom stereocenters. The zero-order valence-electron chi connectivity index (χ0n) is 11.8. The molecule has 0 aliphatic carbocycles. The van der Waals surface area contributed by atoms with E-state index < -0.39 is 0 Å². The second-order valence-corrected chi connectivity index (χ2v) is 5.50. The number of hydrogen-bond acceptors (Lipinski definition) is 1. The lowest BCUT2D eigenvalue weighted by Gasteiger charge is -2.30. The van der Waals surface area contributed by atoms with E-state index in [1.807, 2.05) is 0 Å². The lowest BCUT2D eigenvalue weighted by Crippen LogP contribution is -2.33. The van der Waals surface area contributed by atoms with Crippen LogP contribution in [-0.4, -0.2) is 13.1 Å². The van der Waals surface area contributed by atoms with Crippen LogP contribution in [-0.2, 0) is 6.42 Å². The van der Waals surface area contributed by atoms with Gasteiger partial charge in [0.25, 0.3) is 0 Å². The van der Waals surface area contributed by atoms with Crippen molar-refractivity contribution in [3.8, 4) is 0 Å². The zero-order chi connectivity index (χ0) is 12.7. The van der Waals surface area contributed by atoms with Crippen LogP contribution in [0.2, 0.25) is 0 Å². The molecule has 1 N–H and O–H groups in total. The lowest BCUT2D eigenvalue weighted by atomic mass is 9.79. The second-order valence-electron chi connectivity index (χ2n) is 5.50. The van der Waals surface area contributed by atoms with E-state index in [4.69, 9.17) is 0 Å². The molecule has 0 aromatic heterocycles. The fraction of sp³-hybridized carbons (Fsp3) is 0.625. The minimum atomic E-state index is 0.389. The third-order valence-electron chi connectivity index (χ3n) is 3.41. The van der Waals surface area contributed by atoms with Crippen molar-refractivity contribution < 1.29 is 0 Å². The molecule has 0 aliphatic heterocycles. The topological polar surface area (TPSA) is 12.0 Å². The molecule has 0 spiro atoms. The summed E-state index contributed by atoms with van der Waals surface area (Å²) in [6, 6.07) is 8.98. The van der Waals surface area contributed by atoms with Crippen LogP contribution in [0.15, 0.2) is 24.3 Å². The van der Waals surface area contributed by atoms with Gasteiger partial charge in [0.15, 0.2) is 0 Å². The van der Waals surface area contributed by atoms with Crippen LogP contribution in [0.25, 0.3) is 0 Å². The lowest BCUT2D eigenvalue weighted by molar-refractivity contribution is 0.277. The number of aryl methyl sites for hydroxylation is 1. The van der Waals surface area contributed by atoms with Crippen molar-refractivity contribution in [3.63, 3.8) is 0 Å². The van der Waals surface area contributed by atoms with Gasteiger partial charge in [-0.05, 0) is 37.3 Å². The minimum Gasteiger partial charge on any atom is -0.316 e. The molecule has 0 aliphatic rings. The highest BCUT2D eigenvalue weighted by Crippen LogP contribution is 2.27. The summed E-state index contributed by atoms with van der Waals surface area (Å²) >= 11 is 0. The van der Waals surface area contributed by atoms with E-state index in [0.717, 1.165) is 13.1 Å². The first-order chi connectivity index (χ1) is 8.09. The smallest absolute Gasteiger partial charge is 0.000823 e. The number of nitrogens with one attached hydrogen (secondary N) is 1. The summed E-state index contributed by atoms with van der Waals surface area (Å²) in [5, 5.41) is 3.51. The van der Waals surface area contributed by atoms with Gasteiger partial charge >= 0.3 is 0 Å². The van der Waals surface area contributed by atoms with Crippen molar-refractivity contribution >= 4 is 0 Å². The Balaban J connectivity index is 2.67. The van der Waals surface area contributed by atoms with Crippen molar-refractivity contribution in [2.24, 2.45) is 5.41 Å². The Hall–Kier alpha value is -0.820. The first kappa shape index (κ1) is 14.2. The summed E-state index contributed by atoms with van der Waals surface area (Å²) in [5.74, 6) is 0. The molecule has 1 nitrogen and oxygen atoms in total. The molecule has 0 fully saturated rings. The fourth-order valence-electron chi connectivity index (χ4n) is 2.47. The van der Waals surface area contributed by atoms with Crippen LogP contribution in [0.5, 0.6) is 0 Å². The highest BCUT2D eigenvalue weighted by Gasteiger charge is 2.22. The second kappa shape index (κ2) is 6.80. The Morgan fingerprint density at radius 1 is 1.12 bits per heavy atom. The van der Waals surface area contributed by atoms with E-state index >= 15 is 0 Å². The molecule has 0 radical (unpaired) electrons. The van der Waals surface area contributed by atoms with Crippen LogP contribution in [0, 0.1) is 12.3 Å². The Morgan fingerprint density at radius 2 is 1.76 bits per heavy atom. The van der Waals surface area contributed by atoms with Gasteiger partial charge in [0.2, 0.25) is 0 Å². The number of hydrogen-bond donors (Lipinski definition) is 1. The molecule has 0 saturated heterocycles. The summed E-state index contributed by atoms with van der Waals surface area (Å²) in [6.07, 6.45) is 3.72. The maximum Gasteiger partial charge on any atom is 0.000823 e. The Morgan fingerprint density at radius 3 is 2.29 bits per heavy atom. The maximum absolute atomic E-state index is 3.51. The highest BCUT2D eigenvalue weighted by atomic mass is 14.9. The Bertz CT molecular complexity index is 315. The monoisotopic (exact) mass is 233 g/mol. The molecule has 1 unspecified atom stereocenters. The predicted molar refractivity (Wildman–Crippen MR) is 76.4 cm³/mol. The SMILES string of the molecule is CCCC(C)(CNCC)Cc1ccc(C)cc1. The maximum atomic E-state index is 3.51. The van der Waals surface area contributed by atoms with E-state index in [1.165, 1.54) is 30.4 Å². The van der Waals surface area contributed by atoms with E-state index in [2.05, 4.69) is 57.3 Å². The molecule has 1 aromatic rings. The van der Waals surface area contributed by atoms with Gasteiger partial charge in [-0.2, -0.15) is 0 Å². The number of benzene rings is 1. The number of rotatable bonds is 7. The summed E-state index contributed by atoms with van der Waals surface area (Å²) in [6.45, 7) is 11.2. The molecule has 0 heterocycles. The third kappa shape index (κ3) is 4.91. The molecule has 1 rings (SSSR count). The molecule has 96 valence electrons. The molecule has 0 bridgehead atoms. The van der Waals surface area contributed by atoms with Crippen molar-refractivity contribution in [2.45, 2.75) is 47.0 Å². The van der Waals surface area contributed by atoms with Crippen molar-refractivity contribution in [2.75, 3.05) is 13.1 Å². The largest absolute Gasteiger partial charge is 0.316 e. The molecule has 1 aromatic carbocycles. The molecule has 1 heteroatoms. The Kier molecular flexibility index (Phi) is 5.70. The first-order valence-corrected chi connectivity index (χ1v) is 6.86. The van der Waals surface area contributed by atoms with Gasteiger partial charge in [-0.1, -0.05) is 57.0 Å². The molecule has 17 heavy (non-hydrogen) atoms. The van der Waals surface area contributed by atoms with E-state index in [1.54, 1.807) is 0 Å². The molecular weight excluding hydrogens is 206 g/mol. The average molecular weight is 233 g/mol. The summed E-state index contributed by atoms with van der Waals surface area (Å²) in [7, 11) is 0. The Labute approximate surface area is 107 Å². The quantitative estimate of drug-likeness (QED) is 0.752. The summed E-state index contributed by atoms with van der Waals surface area (Å²) in [4.78, 5) is 0. The average Bonchev–Trinajstić information content (AvgIpc) is 2.30. The van der Waals surface area contributed by atoms with E-state index in [0.29, 0.717) is 5.41 Å². The highest BCUT2D eigenvalue weighted by molar-refractivity contribution is 5.22. The van der Waals surface area contributed by atoms with Gasteiger partial charge < -0.3 is 5.32 Å². The van der Waals surface area contributed by atoms with Crippen LogP contribution in [0.3, 0.4) is 0 Å². The van der Waals surface area contributed by atoms with Gasteiger partial charge in [-0.15, -0.1) is 0 Å². The van der Waals surface area contributed by atoms with Gasteiger partial charge in [-0.3, -0.25) is 0 Å². The molecular formula is C16H27N. The van der Waals surface area contributed by atoms with Crippen LogP contribution in [0.4, 0.5) is 0 Å². The van der Waals surface area contributed by atoms with E-state index in [-0.39, 0.29) is 0 Å². The van der Waals surface area contributed by atoms with Crippen molar-refractivity contribution in [1.82, 2.24) is 5.32 Å². The predicted octanol–water partition coefficient (Wildman–Crippen LogP) is 3.95. The van der Waals surface area contributed by atoms with Gasteiger partial charge in [0.05, 0.1) is 0 Å². The third-order valence-corrected chi connectivity index (χ3v) is 3.41. The summed E-state index contributed by atoms with van der Waals surface area (Å²) in [5.41, 5.74) is 3.20. The minimum absolute atomic E-state index is 0.389. The van der Waals surface area contributed by atoms with Crippen molar-refractivity contribution in [1.29, 1.82) is 0 Å². The first-order valence-electron chi connectivity index (χ1n) is 6.86. The molecule has 0 amide bonds. The van der Waals surface area contributed by atoms with Crippen LogP contribution in [0.1, 0.15) is 44.7 Å². The van der Waals surface area contributed by atoms with Gasteiger partial charge in [-0.25, -0.2) is 0 Å². The molecule has 0 saturated carbocycles. The van der Waals surface area contributed by atoms with Gasteiger partial charge in [0, 0.05) is 6.54 Å².